The van der Waals surface area contributed by atoms with Gasteiger partial charge in [0.2, 0.25) is 0 Å². The van der Waals surface area contributed by atoms with Crippen molar-refractivity contribution in [3.05, 3.63) is 42.0 Å². The van der Waals surface area contributed by atoms with E-state index in [2.05, 4.69) is 6.58 Å². The first-order valence-electron chi connectivity index (χ1n) is 4.90. The molecule has 0 saturated carbocycles. The van der Waals surface area contributed by atoms with E-state index in [4.69, 9.17) is 4.55 Å². The molecule has 0 radical (unpaired) electrons. The molecule has 16 heavy (non-hydrogen) atoms. The monoisotopic (exact) mass is 240 g/mol. The van der Waals surface area contributed by atoms with Gasteiger partial charge in [-0.3, -0.25) is 4.55 Å². The number of hydrogen-bond donors (Lipinski definition) is 1. The number of benzene rings is 1. The third kappa shape index (κ3) is 2.33. The minimum atomic E-state index is -4.19. The van der Waals surface area contributed by atoms with E-state index in [-0.39, 0.29) is 4.90 Å². The molecule has 3 nitrogen and oxygen atoms in total. The van der Waals surface area contributed by atoms with Crippen LogP contribution in [-0.2, 0) is 15.5 Å². The van der Waals surface area contributed by atoms with Gasteiger partial charge >= 0.3 is 0 Å². The molecule has 1 aromatic carbocycles. The van der Waals surface area contributed by atoms with Crippen LogP contribution in [0.1, 0.15) is 26.3 Å². The summed E-state index contributed by atoms with van der Waals surface area (Å²) in [6.07, 6.45) is 0. The van der Waals surface area contributed by atoms with E-state index in [1.54, 1.807) is 18.2 Å². The molecule has 0 fully saturated rings. The van der Waals surface area contributed by atoms with E-state index < -0.39 is 15.5 Å². The smallest absolute Gasteiger partial charge is 0.282 e. The van der Waals surface area contributed by atoms with E-state index in [1.807, 2.05) is 20.8 Å². The first-order chi connectivity index (χ1) is 7.17. The summed E-state index contributed by atoms with van der Waals surface area (Å²) in [5, 5.41) is 0. The molecule has 88 valence electrons. The van der Waals surface area contributed by atoms with Gasteiger partial charge in [0.25, 0.3) is 10.1 Å². The highest BCUT2D eigenvalue weighted by Crippen LogP contribution is 2.34. The largest absolute Gasteiger partial charge is 0.294 e. The van der Waals surface area contributed by atoms with Gasteiger partial charge in [-0.2, -0.15) is 8.42 Å². The third-order valence-electron chi connectivity index (χ3n) is 2.91. The van der Waals surface area contributed by atoms with Crippen molar-refractivity contribution < 1.29 is 13.0 Å². The van der Waals surface area contributed by atoms with Gasteiger partial charge in [0.05, 0.1) is 4.90 Å². The van der Waals surface area contributed by atoms with Gasteiger partial charge in [0.1, 0.15) is 0 Å². The second-order valence-corrected chi connectivity index (χ2v) is 5.77. The highest BCUT2D eigenvalue weighted by Gasteiger charge is 2.28. The lowest BCUT2D eigenvalue weighted by molar-refractivity contribution is 0.478. The van der Waals surface area contributed by atoms with Crippen LogP contribution in [0.2, 0.25) is 0 Å². The van der Waals surface area contributed by atoms with Crippen LogP contribution in [0.3, 0.4) is 0 Å². The third-order valence-corrected chi connectivity index (χ3v) is 3.82. The second kappa shape index (κ2) is 4.03. The maximum Gasteiger partial charge on any atom is 0.294 e. The maximum atomic E-state index is 11.2. The van der Waals surface area contributed by atoms with E-state index in [0.29, 0.717) is 5.56 Å². The van der Waals surface area contributed by atoms with E-state index in [9.17, 15) is 8.42 Å². The quantitative estimate of drug-likeness (QED) is 0.653. The molecule has 1 aromatic rings. The lowest BCUT2D eigenvalue weighted by atomic mass is 9.79. The fourth-order valence-electron chi connectivity index (χ4n) is 1.44. The summed E-state index contributed by atoms with van der Waals surface area (Å²) in [5.74, 6) is 0. The Kier molecular flexibility index (Phi) is 3.26. The van der Waals surface area contributed by atoms with Gasteiger partial charge in [-0.05, 0) is 18.6 Å². The van der Waals surface area contributed by atoms with Gasteiger partial charge in [-0.15, -0.1) is 0 Å². The Hall–Kier alpha value is -1.13. The molecule has 0 spiro atoms. The fraction of sp³-hybridized carbons (Fsp3) is 0.333. The Bertz CT molecular complexity index is 513. The molecule has 0 aliphatic heterocycles. The van der Waals surface area contributed by atoms with Crippen LogP contribution < -0.4 is 0 Å². The van der Waals surface area contributed by atoms with Crippen molar-refractivity contribution in [2.24, 2.45) is 0 Å². The van der Waals surface area contributed by atoms with Crippen molar-refractivity contribution in [2.45, 2.75) is 31.1 Å². The van der Waals surface area contributed by atoms with Crippen LogP contribution in [0.5, 0.6) is 0 Å². The molecule has 0 saturated heterocycles. The summed E-state index contributed by atoms with van der Waals surface area (Å²) in [6, 6.07) is 6.42. The van der Waals surface area contributed by atoms with E-state index in [1.165, 1.54) is 6.07 Å². The summed E-state index contributed by atoms with van der Waals surface area (Å²) in [4.78, 5) is -0.0528. The first-order valence-corrected chi connectivity index (χ1v) is 6.34. The molecule has 1 N–H and O–H groups in total. The van der Waals surface area contributed by atoms with Gasteiger partial charge in [0, 0.05) is 5.41 Å². The summed E-state index contributed by atoms with van der Waals surface area (Å²) in [6.45, 7) is 9.43. The highest BCUT2D eigenvalue weighted by atomic mass is 32.2. The van der Waals surface area contributed by atoms with Crippen molar-refractivity contribution in [3.8, 4) is 0 Å². The minimum absolute atomic E-state index is 0.0528. The Morgan fingerprint density at radius 3 is 2.25 bits per heavy atom. The molecular weight excluding hydrogens is 224 g/mol. The zero-order chi connectivity index (χ0) is 12.6. The predicted octanol–water partition coefficient (Wildman–Crippen LogP) is 2.79. The van der Waals surface area contributed by atoms with Crippen LogP contribution in [0, 0.1) is 0 Å². The Morgan fingerprint density at radius 1 is 1.31 bits per heavy atom. The zero-order valence-electron chi connectivity index (χ0n) is 9.69. The normalized spacial score (nSPS) is 12.5. The summed E-state index contributed by atoms with van der Waals surface area (Å²) in [7, 11) is -4.19. The van der Waals surface area contributed by atoms with Crippen molar-refractivity contribution in [3.63, 3.8) is 0 Å². The molecule has 4 heteroatoms. The van der Waals surface area contributed by atoms with E-state index in [0.717, 1.165) is 5.57 Å². The molecule has 0 atom stereocenters. The summed E-state index contributed by atoms with van der Waals surface area (Å²) in [5.41, 5.74) is 0.903. The SMILES string of the molecule is C=C(C)C(C)(C)c1ccccc1S(=O)(=O)O. The number of rotatable bonds is 3. The Balaban J connectivity index is 3.53. The van der Waals surface area contributed by atoms with Gasteiger partial charge in [-0.1, -0.05) is 44.2 Å². The second-order valence-electron chi connectivity index (χ2n) is 4.38. The van der Waals surface area contributed by atoms with Crippen molar-refractivity contribution >= 4 is 10.1 Å². The molecule has 0 aliphatic carbocycles. The predicted molar refractivity (Wildman–Crippen MR) is 64.1 cm³/mol. The lowest BCUT2D eigenvalue weighted by Gasteiger charge is -2.27. The van der Waals surface area contributed by atoms with Gasteiger partial charge < -0.3 is 0 Å². The fourth-order valence-corrected chi connectivity index (χ4v) is 2.29. The van der Waals surface area contributed by atoms with Crippen LogP contribution in [0.15, 0.2) is 41.3 Å². The molecule has 1 rings (SSSR count). The topological polar surface area (TPSA) is 54.4 Å². The average Bonchev–Trinajstić information content (AvgIpc) is 2.16. The molecular formula is C12H16O3S. The maximum absolute atomic E-state index is 11.2. The molecule has 0 amide bonds. The van der Waals surface area contributed by atoms with Crippen LogP contribution in [-0.4, -0.2) is 13.0 Å². The molecule has 0 aliphatic rings. The van der Waals surface area contributed by atoms with Crippen molar-refractivity contribution in [1.82, 2.24) is 0 Å². The molecule has 0 bridgehead atoms. The number of hydrogen-bond acceptors (Lipinski definition) is 2. The molecule has 0 unspecified atom stereocenters. The summed E-state index contributed by atoms with van der Waals surface area (Å²) < 4.78 is 31.7. The minimum Gasteiger partial charge on any atom is -0.282 e. The van der Waals surface area contributed by atoms with Crippen LogP contribution >= 0.6 is 0 Å². The van der Waals surface area contributed by atoms with E-state index >= 15 is 0 Å². The van der Waals surface area contributed by atoms with Gasteiger partial charge in [-0.25, -0.2) is 0 Å². The Morgan fingerprint density at radius 2 is 1.81 bits per heavy atom. The number of allylic oxidation sites excluding steroid dienone is 1. The van der Waals surface area contributed by atoms with Crippen molar-refractivity contribution in [2.75, 3.05) is 0 Å². The first kappa shape index (κ1) is 12.9. The zero-order valence-corrected chi connectivity index (χ0v) is 10.5. The highest BCUT2D eigenvalue weighted by molar-refractivity contribution is 7.85. The summed E-state index contributed by atoms with van der Waals surface area (Å²) >= 11 is 0. The van der Waals surface area contributed by atoms with Crippen LogP contribution in [0.4, 0.5) is 0 Å². The molecule has 0 heterocycles. The van der Waals surface area contributed by atoms with Gasteiger partial charge in [0.15, 0.2) is 0 Å². The standard InChI is InChI=1S/C12H16O3S/c1-9(2)12(3,4)10-7-5-6-8-11(10)16(13,14)15/h5-8H,1H2,2-4H3,(H,13,14,15). The molecule has 0 aromatic heterocycles. The van der Waals surface area contributed by atoms with Crippen LogP contribution in [0.25, 0.3) is 0 Å². The lowest BCUT2D eigenvalue weighted by Crippen LogP contribution is -2.21. The Labute approximate surface area is 96.6 Å². The van der Waals surface area contributed by atoms with Crippen molar-refractivity contribution in [1.29, 1.82) is 0 Å². The average molecular weight is 240 g/mol.